The minimum absolute atomic E-state index is 0.410. The fraction of sp³-hybridized carbons (Fsp3) is 0.714. The summed E-state index contributed by atoms with van der Waals surface area (Å²) in [5.41, 5.74) is 3.52. The lowest BCUT2D eigenvalue weighted by Gasteiger charge is -2.19. The lowest BCUT2D eigenvalue weighted by molar-refractivity contribution is -0.135. The van der Waals surface area contributed by atoms with Crippen LogP contribution in [-0.2, 0) is 9.53 Å². The third-order valence-corrected chi connectivity index (χ3v) is 7.90. The van der Waals surface area contributed by atoms with Crippen molar-refractivity contribution in [3.8, 4) is 11.5 Å². The summed E-state index contributed by atoms with van der Waals surface area (Å²) in [6.07, 6.45) is 0.284. The maximum Gasteiger partial charge on any atom is 0.407 e. The molecule has 6 heteroatoms. The Bertz CT molecular complexity index is 335. The van der Waals surface area contributed by atoms with Gasteiger partial charge in [-0.2, -0.15) is 0 Å². The number of methoxy groups -OCH3 is 1. The highest BCUT2D eigenvalue weighted by Crippen LogP contribution is 2.18. The second-order valence-corrected chi connectivity index (χ2v) is 9.17. The van der Waals surface area contributed by atoms with Gasteiger partial charge in [0.2, 0.25) is 0 Å². The number of nitrogens with one attached hydrogen (secondary N) is 1. The summed E-state index contributed by atoms with van der Waals surface area (Å²) in [6, 6.07) is 3.98. The number of amides is 1. The normalized spacial score (nSPS) is 9.45. The number of rotatable bonds is 5. The van der Waals surface area contributed by atoms with Crippen molar-refractivity contribution in [1.29, 1.82) is 0 Å². The summed E-state index contributed by atoms with van der Waals surface area (Å²) in [5, 5.41) is 9.96. The van der Waals surface area contributed by atoms with E-state index in [0.717, 1.165) is 13.5 Å². The topological polar surface area (TPSA) is 75.6 Å². The molecule has 116 valence electrons. The molecule has 0 aliphatic heterocycles. The third kappa shape index (κ3) is 10.4. The molecule has 0 aromatic carbocycles. The van der Waals surface area contributed by atoms with Gasteiger partial charge in [-0.25, -0.2) is 4.79 Å². The van der Waals surface area contributed by atoms with Gasteiger partial charge in [0.05, 0.1) is 7.11 Å². The third-order valence-electron chi connectivity index (χ3n) is 3.13. The number of hydrogen-bond donors (Lipinski definition) is 2. The van der Waals surface area contributed by atoms with Crippen LogP contribution in [0.15, 0.2) is 0 Å². The maximum atomic E-state index is 10.1. The fourth-order valence-electron chi connectivity index (χ4n) is 1.51. The molecule has 0 aromatic heterocycles. The van der Waals surface area contributed by atoms with Gasteiger partial charge in [0.1, 0.15) is 14.6 Å². The molecule has 0 atom stereocenters. The van der Waals surface area contributed by atoms with E-state index in [1.54, 1.807) is 0 Å². The molecule has 5 nitrogen and oxygen atoms in total. The van der Waals surface area contributed by atoms with Gasteiger partial charge in [0.25, 0.3) is 0 Å². The van der Waals surface area contributed by atoms with Gasteiger partial charge in [-0.05, 0) is 18.1 Å². The van der Waals surface area contributed by atoms with Crippen molar-refractivity contribution in [2.45, 2.75) is 52.2 Å². The average molecular weight is 301 g/mol. The average Bonchev–Trinajstić information content (AvgIpc) is 2.47. The highest BCUT2D eigenvalue weighted by atomic mass is 28.3. The van der Waals surface area contributed by atoms with Gasteiger partial charge in [-0.1, -0.05) is 27.7 Å². The first kappa shape index (κ1) is 20.8. The zero-order valence-electron chi connectivity index (χ0n) is 13.2. The van der Waals surface area contributed by atoms with Gasteiger partial charge < -0.3 is 15.2 Å². The summed E-state index contributed by atoms with van der Waals surface area (Å²) in [7, 11) is 0.0644. The molecular weight excluding hydrogens is 274 g/mol. The second kappa shape index (κ2) is 12.5. The van der Waals surface area contributed by atoms with Crippen LogP contribution in [0, 0.1) is 11.5 Å². The molecule has 0 saturated carbocycles. The van der Waals surface area contributed by atoms with Crippen molar-refractivity contribution in [3.05, 3.63) is 0 Å². The van der Waals surface area contributed by atoms with Gasteiger partial charge >= 0.3 is 12.1 Å². The van der Waals surface area contributed by atoms with E-state index < -0.39 is 26.7 Å². The Morgan fingerprint density at radius 1 is 1.15 bits per heavy atom. The minimum Gasteiger partial charge on any atom is -0.480 e. The van der Waals surface area contributed by atoms with Crippen LogP contribution in [0.3, 0.4) is 0 Å². The largest absolute Gasteiger partial charge is 0.480 e. The molecule has 0 radical (unpaired) electrons. The van der Waals surface area contributed by atoms with Crippen LogP contribution in [-0.4, -0.2) is 38.9 Å². The van der Waals surface area contributed by atoms with Crippen molar-refractivity contribution >= 4 is 20.1 Å². The standard InChI is InChI=1S/C10H20Si.C4H7NO4/c1-5-9-10-11(6-2,7-3)8-4;1-9-4(8)5-2-3(6)7/h5-8H2,1-4H3;2H2,1H3,(H,5,8)(H,6,7). The van der Waals surface area contributed by atoms with Crippen LogP contribution in [0.25, 0.3) is 0 Å². The molecule has 2 N–H and O–H groups in total. The van der Waals surface area contributed by atoms with Crippen molar-refractivity contribution in [2.75, 3.05) is 13.7 Å². The molecule has 20 heavy (non-hydrogen) atoms. The molecule has 0 rings (SSSR count). The number of alkyl carbamates (subject to hydrolysis) is 1. The molecule has 0 aliphatic carbocycles. The smallest absolute Gasteiger partial charge is 0.407 e. The highest BCUT2D eigenvalue weighted by Gasteiger charge is 2.23. The molecule has 0 bridgehead atoms. The van der Waals surface area contributed by atoms with Gasteiger partial charge in [-0.15, -0.1) is 11.5 Å². The first-order valence-corrected chi connectivity index (χ1v) is 9.57. The van der Waals surface area contributed by atoms with Crippen LogP contribution >= 0.6 is 0 Å². The molecule has 0 spiro atoms. The Kier molecular flexibility index (Phi) is 13.1. The van der Waals surface area contributed by atoms with Crippen LogP contribution in [0.4, 0.5) is 4.79 Å². The maximum absolute atomic E-state index is 10.1. The van der Waals surface area contributed by atoms with Gasteiger partial charge in [0.15, 0.2) is 0 Å². The predicted octanol–water partition coefficient (Wildman–Crippen LogP) is 2.87. The van der Waals surface area contributed by atoms with Crippen LogP contribution in [0.5, 0.6) is 0 Å². The van der Waals surface area contributed by atoms with E-state index in [9.17, 15) is 9.59 Å². The number of aliphatic carboxylic acids is 1. The van der Waals surface area contributed by atoms with E-state index in [-0.39, 0.29) is 0 Å². The Morgan fingerprint density at radius 2 is 1.65 bits per heavy atom. The Labute approximate surface area is 123 Å². The monoisotopic (exact) mass is 301 g/mol. The van der Waals surface area contributed by atoms with Crippen molar-refractivity contribution in [3.63, 3.8) is 0 Å². The van der Waals surface area contributed by atoms with Crippen molar-refractivity contribution < 1.29 is 19.4 Å². The number of carboxylic acids is 1. The Balaban J connectivity index is 0. The fourth-order valence-corrected chi connectivity index (χ4v) is 4.09. The lowest BCUT2D eigenvalue weighted by Crippen LogP contribution is -2.29. The van der Waals surface area contributed by atoms with Crippen LogP contribution in [0.1, 0.15) is 34.1 Å². The quantitative estimate of drug-likeness (QED) is 0.605. The Morgan fingerprint density at radius 3 is 1.95 bits per heavy atom. The predicted molar refractivity (Wildman–Crippen MR) is 83.3 cm³/mol. The number of hydrogen-bond acceptors (Lipinski definition) is 3. The zero-order valence-corrected chi connectivity index (χ0v) is 14.2. The molecule has 1 amide bonds. The first-order chi connectivity index (χ1) is 9.41. The van der Waals surface area contributed by atoms with Crippen molar-refractivity contribution in [2.24, 2.45) is 0 Å². The van der Waals surface area contributed by atoms with E-state index in [4.69, 9.17) is 5.11 Å². The summed E-state index contributed by atoms with van der Waals surface area (Å²) in [6.45, 7) is 8.61. The second-order valence-electron chi connectivity index (χ2n) is 4.24. The van der Waals surface area contributed by atoms with Crippen LogP contribution < -0.4 is 5.32 Å². The summed E-state index contributed by atoms with van der Waals surface area (Å²) in [5.74, 6) is 2.16. The number of ether oxygens (including phenoxy) is 1. The minimum atomic E-state index is -1.10. The molecule has 0 fully saturated rings. The molecule has 0 aliphatic rings. The van der Waals surface area contributed by atoms with Gasteiger partial charge in [0, 0.05) is 6.42 Å². The van der Waals surface area contributed by atoms with E-state index in [0.29, 0.717) is 0 Å². The van der Waals surface area contributed by atoms with E-state index >= 15 is 0 Å². The number of carbonyl (C=O) groups excluding carboxylic acids is 1. The van der Waals surface area contributed by atoms with E-state index in [1.165, 1.54) is 18.1 Å². The van der Waals surface area contributed by atoms with E-state index in [2.05, 4.69) is 43.9 Å². The zero-order chi connectivity index (χ0) is 16.0. The molecular formula is C14H27NO4Si. The Hall–Kier alpha value is -1.48. The van der Waals surface area contributed by atoms with Gasteiger partial charge in [-0.3, -0.25) is 4.79 Å². The molecule has 0 unspecified atom stereocenters. The van der Waals surface area contributed by atoms with Crippen LogP contribution in [0.2, 0.25) is 18.1 Å². The molecule has 0 heterocycles. The van der Waals surface area contributed by atoms with Crippen molar-refractivity contribution in [1.82, 2.24) is 5.32 Å². The number of carbonyl (C=O) groups is 2. The lowest BCUT2D eigenvalue weighted by atomic mass is 10.5. The SMILES string of the molecule is CCC#C[Si](CC)(CC)CC.COC(=O)NCC(=O)O. The summed E-state index contributed by atoms with van der Waals surface area (Å²) >= 11 is 0. The number of carboxylic acid groups (broad SMARTS) is 1. The highest BCUT2D eigenvalue weighted by molar-refractivity contribution is 6.87. The molecule has 0 saturated heterocycles. The molecule has 0 aromatic rings. The summed E-state index contributed by atoms with van der Waals surface area (Å²) < 4.78 is 4.09. The van der Waals surface area contributed by atoms with E-state index in [1.807, 2.05) is 5.32 Å². The summed E-state index contributed by atoms with van der Waals surface area (Å²) in [4.78, 5) is 19.9. The first-order valence-electron chi connectivity index (χ1n) is 6.94.